The Morgan fingerprint density at radius 3 is 2.27 bits per heavy atom. The lowest BCUT2D eigenvalue weighted by Crippen LogP contribution is -2.62. The number of rotatable bonds is 7. The number of sulfonamides is 1. The number of ether oxygens (including phenoxy) is 2. The van der Waals surface area contributed by atoms with E-state index >= 15 is 0 Å². The van der Waals surface area contributed by atoms with Crippen molar-refractivity contribution in [3.05, 3.63) is 24.3 Å². The summed E-state index contributed by atoms with van der Waals surface area (Å²) in [6.45, 7) is 15.0. The summed E-state index contributed by atoms with van der Waals surface area (Å²) in [6, 6.07) is 5.97. The number of fused-ring (bicyclic) bond motifs is 5. The lowest BCUT2D eigenvalue weighted by atomic mass is 9.41. The van der Waals surface area contributed by atoms with Gasteiger partial charge in [0.25, 0.3) is 10.0 Å². The molecule has 9 heteroatoms. The summed E-state index contributed by atoms with van der Waals surface area (Å²) < 4.78 is 39.0. The maximum atomic E-state index is 12.8. The topological polar surface area (TPSA) is 122 Å². The molecule has 8 nitrogen and oxygen atoms in total. The van der Waals surface area contributed by atoms with E-state index < -0.39 is 21.7 Å². The van der Waals surface area contributed by atoms with Gasteiger partial charge in [-0.05, 0) is 142 Å². The van der Waals surface area contributed by atoms with Crippen LogP contribution < -0.4 is 9.46 Å². The van der Waals surface area contributed by atoms with Gasteiger partial charge in [-0.3, -0.25) is 0 Å². The van der Waals surface area contributed by atoms with Crippen molar-refractivity contribution in [1.29, 1.82) is 0 Å². The second-order valence-corrected chi connectivity index (χ2v) is 17.7. The van der Waals surface area contributed by atoms with Gasteiger partial charge < -0.3 is 19.7 Å². The van der Waals surface area contributed by atoms with Crippen LogP contribution in [0.3, 0.4) is 0 Å². The van der Waals surface area contributed by atoms with Crippen LogP contribution in [0.4, 0.5) is 4.79 Å². The largest absolute Gasteiger partial charge is 0.488 e. The summed E-state index contributed by atoms with van der Waals surface area (Å²) in [6.07, 6.45) is 6.29. The van der Waals surface area contributed by atoms with Crippen LogP contribution in [0.5, 0.6) is 5.75 Å². The minimum atomic E-state index is -4.09. The van der Waals surface area contributed by atoms with Gasteiger partial charge in [0.05, 0.1) is 23.7 Å². The van der Waals surface area contributed by atoms with E-state index in [1.807, 2.05) is 20.8 Å². The second-order valence-electron chi connectivity index (χ2n) is 16.0. The summed E-state index contributed by atoms with van der Waals surface area (Å²) in [5.41, 5.74) is -0.231. The van der Waals surface area contributed by atoms with E-state index in [4.69, 9.17) is 9.47 Å². The maximum Gasteiger partial charge on any atom is 0.421 e. The predicted molar refractivity (Wildman–Crippen MR) is 169 cm³/mol. The molecular formula is C35H55NO7S. The summed E-state index contributed by atoms with van der Waals surface area (Å²) in [7, 11) is -4.09. The van der Waals surface area contributed by atoms with E-state index in [1.54, 1.807) is 12.1 Å². The van der Waals surface area contributed by atoms with Crippen molar-refractivity contribution in [3.63, 3.8) is 0 Å². The number of hydrogen-bond acceptors (Lipinski definition) is 7. The second kappa shape index (κ2) is 12.1. The van der Waals surface area contributed by atoms with Crippen LogP contribution in [0.25, 0.3) is 0 Å². The molecule has 0 radical (unpaired) electrons. The highest BCUT2D eigenvalue weighted by atomic mass is 32.2. The first-order valence-electron chi connectivity index (χ1n) is 16.8. The summed E-state index contributed by atoms with van der Waals surface area (Å²) in [5.74, 6) is 2.62. The Balaban J connectivity index is 1.22. The highest BCUT2D eigenvalue weighted by molar-refractivity contribution is 7.90. The minimum Gasteiger partial charge on any atom is -0.488 e. The number of carbonyl (C=O) groups is 1. The zero-order valence-electron chi connectivity index (χ0n) is 27.7. The van der Waals surface area contributed by atoms with Crippen molar-refractivity contribution < 1.29 is 32.9 Å². The molecule has 248 valence electrons. The zero-order chi connectivity index (χ0) is 32.2. The molecule has 11 atom stereocenters. The third-order valence-electron chi connectivity index (χ3n) is 12.4. The van der Waals surface area contributed by atoms with E-state index in [0.717, 1.165) is 51.4 Å². The Morgan fingerprint density at radius 2 is 1.64 bits per heavy atom. The summed E-state index contributed by atoms with van der Waals surface area (Å²) in [5, 5.41) is 22.4. The van der Waals surface area contributed by atoms with Gasteiger partial charge in [-0.2, -0.15) is 0 Å². The lowest BCUT2D eigenvalue weighted by molar-refractivity contribution is -0.203. The third-order valence-corrected chi connectivity index (χ3v) is 13.7. The van der Waals surface area contributed by atoms with E-state index in [-0.39, 0.29) is 52.3 Å². The average molecular weight is 634 g/mol. The molecule has 44 heavy (non-hydrogen) atoms. The van der Waals surface area contributed by atoms with Crippen LogP contribution in [-0.4, -0.2) is 49.1 Å². The van der Waals surface area contributed by atoms with Gasteiger partial charge in [-0.1, -0.05) is 34.1 Å². The van der Waals surface area contributed by atoms with Crippen LogP contribution in [0.1, 0.15) is 99.8 Å². The molecule has 0 heterocycles. The van der Waals surface area contributed by atoms with Crippen molar-refractivity contribution in [3.8, 4) is 5.75 Å². The molecule has 5 rings (SSSR count). The van der Waals surface area contributed by atoms with Crippen LogP contribution in [0.15, 0.2) is 29.2 Å². The van der Waals surface area contributed by atoms with Gasteiger partial charge in [0, 0.05) is 0 Å². The SMILES string of the molecule is CC[C@H]1[C@@H](O)[C@@H]2[C@H](CC[C@]3(C)[C@@H]([C@H](C)COC(=O)NS(=O)(=O)c4ccc(OC(C)(C)C)cc4)CC[C@@H]23)[C@@]2(C)CC[C@H](O)C[C@@H]12. The Kier molecular flexibility index (Phi) is 9.20. The Morgan fingerprint density at radius 1 is 1.00 bits per heavy atom. The van der Waals surface area contributed by atoms with E-state index in [0.29, 0.717) is 29.4 Å². The van der Waals surface area contributed by atoms with Gasteiger partial charge in [-0.15, -0.1) is 0 Å². The number of benzene rings is 1. The number of nitrogens with one attached hydrogen (secondary N) is 1. The van der Waals surface area contributed by atoms with Gasteiger partial charge in [-0.25, -0.2) is 17.9 Å². The van der Waals surface area contributed by atoms with E-state index in [1.165, 1.54) is 12.1 Å². The Labute approximate surface area is 264 Å². The fraction of sp³-hybridized carbons (Fsp3) is 0.800. The van der Waals surface area contributed by atoms with Crippen molar-refractivity contribution in [2.75, 3.05) is 6.61 Å². The maximum absolute atomic E-state index is 12.8. The zero-order valence-corrected chi connectivity index (χ0v) is 28.5. The fourth-order valence-corrected chi connectivity index (χ4v) is 11.4. The van der Waals surface area contributed by atoms with Gasteiger partial charge in [0.1, 0.15) is 11.4 Å². The third kappa shape index (κ3) is 6.14. The Hall–Kier alpha value is -1.84. The van der Waals surface area contributed by atoms with Crippen LogP contribution >= 0.6 is 0 Å². The highest BCUT2D eigenvalue weighted by Gasteiger charge is 2.65. The molecule has 4 aliphatic carbocycles. The van der Waals surface area contributed by atoms with Crippen molar-refractivity contribution in [1.82, 2.24) is 4.72 Å². The quantitative estimate of drug-likeness (QED) is 0.312. The number of hydrogen-bond donors (Lipinski definition) is 3. The van der Waals surface area contributed by atoms with Crippen molar-refractivity contribution in [2.45, 2.75) is 123 Å². The summed E-state index contributed by atoms with van der Waals surface area (Å²) in [4.78, 5) is 12.6. The lowest BCUT2D eigenvalue weighted by Gasteiger charge is -2.64. The van der Waals surface area contributed by atoms with Crippen LogP contribution in [0.2, 0.25) is 0 Å². The molecule has 1 aromatic carbocycles. The first kappa shape index (κ1) is 33.5. The van der Waals surface area contributed by atoms with Gasteiger partial charge in [0.2, 0.25) is 0 Å². The smallest absolute Gasteiger partial charge is 0.421 e. The monoisotopic (exact) mass is 633 g/mol. The number of amides is 1. The molecular weight excluding hydrogens is 578 g/mol. The predicted octanol–water partition coefficient (Wildman–Crippen LogP) is 6.54. The molecule has 4 saturated carbocycles. The van der Waals surface area contributed by atoms with E-state index in [9.17, 15) is 23.4 Å². The standard InChI is InChI=1S/C35H55NO7S/c1-8-25-29-19-22(37)15-17-35(29,7)28-16-18-34(6)26(13-14-27(34)30(28)31(25)38)21(2)20-42-32(39)36-44(40,41)24-11-9-23(10-12-24)43-33(3,4)5/h9-12,21-22,25-31,37-38H,8,13-20H2,1-7H3,(H,36,39)/t21-,22+,25-,26-,27+,28+,29+,30+,31-,34-,35-/m1/s1. The molecule has 4 fully saturated rings. The van der Waals surface area contributed by atoms with Crippen LogP contribution in [0, 0.1) is 52.3 Å². The van der Waals surface area contributed by atoms with Gasteiger partial charge in [0.15, 0.2) is 0 Å². The number of aliphatic hydroxyl groups is 2. The van der Waals surface area contributed by atoms with Crippen molar-refractivity contribution in [2.24, 2.45) is 52.3 Å². The molecule has 0 saturated heterocycles. The highest BCUT2D eigenvalue weighted by Crippen LogP contribution is 2.69. The molecule has 3 N–H and O–H groups in total. The molecule has 1 aromatic rings. The van der Waals surface area contributed by atoms with Crippen LogP contribution in [-0.2, 0) is 14.8 Å². The van der Waals surface area contributed by atoms with E-state index in [2.05, 4.69) is 32.4 Å². The number of carbonyl (C=O) groups excluding carboxylic acids is 1. The Bertz CT molecular complexity index is 1290. The molecule has 0 unspecified atom stereocenters. The fourth-order valence-electron chi connectivity index (χ4n) is 10.5. The average Bonchev–Trinajstić information content (AvgIpc) is 3.29. The first-order chi connectivity index (χ1) is 20.5. The molecule has 0 aliphatic heterocycles. The molecule has 4 aliphatic rings. The number of aliphatic hydroxyl groups excluding tert-OH is 2. The summed E-state index contributed by atoms with van der Waals surface area (Å²) >= 11 is 0. The molecule has 0 bridgehead atoms. The normalized spacial score (nSPS) is 39.4. The van der Waals surface area contributed by atoms with Crippen molar-refractivity contribution >= 4 is 16.1 Å². The molecule has 0 spiro atoms. The molecule has 1 amide bonds. The molecule has 0 aromatic heterocycles. The van der Waals surface area contributed by atoms with Gasteiger partial charge >= 0.3 is 6.09 Å². The first-order valence-corrected chi connectivity index (χ1v) is 18.3. The minimum absolute atomic E-state index is 0.0278.